The van der Waals surface area contributed by atoms with E-state index in [-0.39, 0.29) is 23.0 Å². The third kappa shape index (κ3) is 3.88. The highest BCUT2D eigenvalue weighted by Gasteiger charge is 2.46. The highest BCUT2D eigenvalue weighted by molar-refractivity contribution is 6.30. The van der Waals surface area contributed by atoms with E-state index >= 15 is 0 Å². The fraction of sp³-hybridized carbons (Fsp3) is 0.391. The molecule has 1 spiro atoms. The summed E-state index contributed by atoms with van der Waals surface area (Å²) in [6.45, 7) is 3.57. The SMILES string of the molecule is CC(=O)N1CC2(CCN(C(=O)CCc3ccc(F)cc3)CC2)c2cc(Cl)ccc21. The van der Waals surface area contributed by atoms with Gasteiger partial charge in [-0.3, -0.25) is 9.59 Å². The molecule has 0 bridgehead atoms. The first-order chi connectivity index (χ1) is 13.9. The molecule has 1 saturated heterocycles. The van der Waals surface area contributed by atoms with Gasteiger partial charge < -0.3 is 9.80 Å². The number of amides is 2. The van der Waals surface area contributed by atoms with E-state index in [1.165, 1.54) is 12.1 Å². The normalized spacial score (nSPS) is 17.5. The highest BCUT2D eigenvalue weighted by Crippen LogP contribution is 2.48. The molecule has 6 heteroatoms. The lowest BCUT2D eigenvalue weighted by molar-refractivity contribution is -0.132. The molecular weight excluding hydrogens is 391 g/mol. The van der Waals surface area contributed by atoms with Crippen LogP contribution in [0.15, 0.2) is 42.5 Å². The zero-order chi connectivity index (χ0) is 20.6. The number of nitrogens with zero attached hydrogens (tertiary/aromatic N) is 2. The number of piperidine rings is 1. The van der Waals surface area contributed by atoms with Gasteiger partial charge in [-0.25, -0.2) is 4.39 Å². The number of carbonyl (C=O) groups excluding carboxylic acids is 2. The van der Waals surface area contributed by atoms with Crippen LogP contribution in [-0.2, 0) is 21.4 Å². The van der Waals surface area contributed by atoms with Crippen LogP contribution in [-0.4, -0.2) is 36.3 Å². The maximum Gasteiger partial charge on any atom is 0.223 e. The second kappa shape index (κ2) is 7.79. The molecule has 0 aromatic heterocycles. The first kappa shape index (κ1) is 19.9. The van der Waals surface area contributed by atoms with E-state index in [4.69, 9.17) is 11.6 Å². The summed E-state index contributed by atoms with van der Waals surface area (Å²) >= 11 is 6.25. The van der Waals surface area contributed by atoms with Crippen LogP contribution in [0.25, 0.3) is 0 Å². The summed E-state index contributed by atoms with van der Waals surface area (Å²) in [6, 6.07) is 12.0. The summed E-state index contributed by atoms with van der Waals surface area (Å²) in [7, 11) is 0. The molecule has 2 heterocycles. The molecule has 0 aliphatic carbocycles. The van der Waals surface area contributed by atoms with E-state index in [0.717, 1.165) is 29.7 Å². The van der Waals surface area contributed by atoms with E-state index in [9.17, 15) is 14.0 Å². The number of rotatable bonds is 3. The molecule has 2 amide bonds. The number of fused-ring (bicyclic) bond motifs is 2. The highest BCUT2D eigenvalue weighted by atomic mass is 35.5. The molecule has 0 unspecified atom stereocenters. The third-order valence-electron chi connectivity index (χ3n) is 6.28. The molecule has 4 nitrogen and oxygen atoms in total. The first-order valence-corrected chi connectivity index (χ1v) is 10.4. The van der Waals surface area contributed by atoms with Gasteiger partial charge >= 0.3 is 0 Å². The molecule has 0 N–H and O–H groups in total. The fourth-order valence-electron chi connectivity index (χ4n) is 4.59. The molecule has 4 rings (SSSR count). The van der Waals surface area contributed by atoms with E-state index in [0.29, 0.717) is 37.5 Å². The van der Waals surface area contributed by atoms with Gasteiger partial charge in [0.25, 0.3) is 0 Å². The number of carbonyl (C=O) groups is 2. The van der Waals surface area contributed by atoms with Crippen molar-refractivity contribution in [2.24, 2.45) is 0 Å². The Bertz CT molecular complexity index is 936. The Kier molecular flexibility index (Phi) is 5.34. The molecule has 0 saturated carbocycles. The first-order valence-electron chi connectivity index (χ1n) is 9.98. The maximum atomic E-state index is 13.0. The molecule has 1 fully saturated rings. The van der Waals surface area contributed by atoms with Gasteiger partial charge in [-0.05, 0) is 60.7 Å². The van der Waals surface area contributed by atoms with Crippen LogP contribution in [0.5, 0.6) is 0 Å². The Morgan fingerprint density at radius 1 is 1.10 bits per heavy atom. The molecule has 2 aliphatic rings. The van der Waals surface area contributed by atoms with Crippen LogP contribution in [0.1, 0.15) is 37.3 Å². The Morgan fingerprint density at radius 3 is 2.45 bits per heavy atom. The van der Waals surface area contributed by atoms with Crippen LogP contribution in [0, 0.1) is 5.82 Å². The van der Waals surface area contributed by atoms with E-state index in [2.05, 4.69) is 0 Å². The molecule has 0 atom stereocenters. The fourth-order valence-corrected chi connectivity index (χ4v) is 4.77. The number of anilines is 1. The molecule has 2 aliphatic heterocycles. The van der Waals surface area contributed by atoms with Crippen LogP contribution in [0.2, 0.25) is 5.02 Å². The van der Waals surface area contributed by atoms with Crippen LogP contribution < -0.4 is 4.90 Å². The smallest absolute Gasteiger partial charge is 0.223 e. The average Bonchev–Trinajstić information content (AvgIpc) is 3.02. The summed E-state index contributed by atoms with van der Waals surface area (Å²) in [6.07, 6.45) is 2.65. The number of halogens is 2. The lowest BCUT2D eigenvalue weighted by Crippen LogP contribution is -2.47. The predicted octanol–water partition coefficient (Wildman–Crippen LogP) is 4.34. The monoisotopic (exact) mass is 414 g/mol. The molecule has 0 radical (unpaired) electrons. The summed E-state index contributed by atoms with van der Waals surface area (Å²) in [5, 5.41) is 0.673. The minimum Gasteiger partial charge on any atom is -0.343 e. The molecule has 2 aromatic carbocycles. The molecule has 2 aromatic rings. The second-order valence-electron chi connectivity index (χ2n) is 8.05. The predicted molar refractivity (Wildman–Crippen MR) is 112 cm³/mol. The van der Waals surface area contributed by atoms with Crippen molar-refractivity contribution < 1.29 is 14.0 Å². The van der Waals surface area contributed by atoms with Crippen molar-refractivity contribution >= 4 is 29.1 Å². The van der Waals surface area contributed by atoms with Gasteiger partial charge in [-0.15, -0.1) is 0 Å². The molecule has 152 valence electrons. The van der Waals surface area contributed by atoms with Crippen molar-refractivity contribution in [2.75, 3.05) is 24.5 Å². The third-order valence-corrected chi connectivity index (χ3v) is 6.51. The van der Waals surface area contributed by atoms with Crippen LogP contribution >= 0.6 is 11.6 Å². The minimum atomic E-state index is -0.266. The summed E-state index contributed by atoms with van der Waals surface area (Å²) in [5.74, 6) is -0.113. The van der Waals surface area contributed by atoms with Crippen LogP contribution in [0.3, 0.4) is 0 Å². The number of hydrogen-bond acceptors (Lipinski definition) is 2. The summed E-state index contributed by atoms with van der Waals surface area (Å²) in [5.41, 5.74) is 2.89. The van der Waals surface area contributed by atoms with E-state index < -0.39 is 0 Å². The maximum absolute atomic E-state index is 13.0. The second-order valence-corrected chi connectivity index (χ2v) is 8.49. The van der Waals surface area contributed by atoms with Gasteiger partial charge in [0.15, 0.2) is 0 Å². The Balaban J connectivity index is 1.42. The number of benzene rings is 2. The minimum absolute atomic E-state index is 0.0308. The van der Waals surface area contributed by atoms with Crippen molar-refractivity contribution in [3.63, 3.8) is 0 Å². The van der Waals surface area contributed by atoms with E-state index in [1.54, 1.807) is 19.1 Å². The van der Waals surface area contributed by atoms with Gasteiger partial charge in [0.1, 0.15) is 5.82 Å². The van der Waals surface area contributed by atoms with Gasteiger partial charge in [-0.2, -0.15) is 0 Å². The van der Waals surface area contributed by atoms with Crippen molar-refractivity contribution in [1.29, 1.82) is 0 Å². The van der Waals surface area contributed by atoms with Gasteiger partial charge in [0.05, 0.1) is 0 Å². The number of hydrogen-bond donors (Lipinski definition) is 0. The average molecular weight is 415 g/mol. The molecular formula is C23H24ClFN2O2. The van der Waals surface area contributed by atoms with Gasteiger partial charge in [-0.1, -0.05) is 23.7 Å². The van der Waals surface area contributed by atoms with E-state index in [1.807, 2.05) is 28.0 Å². The number of likely N-dealkylation sites (tertiary alicyclic amines) is 1. The van der Waals surface area contributed by atoms with Crippen molar-refractivity contribution in [3.8, 4) is 0 Å². The zero-order valence-corrected chi connectivity index (χ0v) is 17.2. The Hall–Kier alpha value is -2.40. The van der Waals surface area contributed by atoms with Crippen molar-refractivity contribution in [3.05, 3.63) is 64.4 Å². The van der Waals surface area contributed by atoms with Crippen molar-refractivity contribution in [1.82, 2.24) is 4.90 Å². The summed E-state index contributed by atoms with van der Waals surface area (Å²) in [4.78, 5) is 28.6. The van der Waals surface area contributed by atoms with Gasteiger partial charge in [0.2, 0.25) is 11.8 Å². The van der Waals surface area contributed by atoms with Gasteiger partial charge in [0, 0.05) is 49.1 Å². The van der Waals surface area contributed by atoms with Crippen LogP contribution in [0.4, 0.5) is 10.1 Å². The zero-order valence-electron chi connectivity index (χ0n) is 16.5. The quantitative estimate of drug-likeness (QED) is 0.749. The lowest BCUT2D eigenvalue weighted by Gasteiger charge is -2.40. The lowest BCUT2D eigenvalue weighted by atomic mass is 9.74. The standard InChI is InChI=1S/C23H24ClFN2O2/c1-16(28)27-15-23(20-14-18(24)5-8-21(20)27)10-12-26(13-11-23)22(29)9-4-17-2-6-19(25)7-3-17/h2-3,5-8,14H,4,9-13,15H2,1H3. The summed E-state index contributed by atoms with van der Waals surface area (Å²) < 4.78 is 13.0. The topological polar surface area (TPSA) is 40.6 Å². The van der Waals surface area contributed by atoms with Crippen molar-refractivity contribution in [2.45, 2.75) is 38.0 Å². The number of aryl methyl sites for hydroxylation is 1. The Morgan fingerprint density at radius 2 is 1.79 bits per heavy atom. The largest absolute Gasteiger partial charge is 0.343 e. The molecule has 29 heavy (non-hydrogen) atoms. The Labute approximate surface area is 175 Å².